The van der Waals surface area contributed by atoms with E-state index in [1.165, 1.54) is 0 Å². The first-order chi connectivity index (χ1) is 14.2. The van der Waals surface area contributed by atoms with Gasteiger partial charge in [0, 0.05) is 43.9 Å². The number of methoxy groups -OCH3 is 1. The summed E-state index contributed by atoms with van der Waals surface area (Å²) in [5.74, 6) is -0.592. The summed E-state index contributed by atoms with van der Waals surface area (Å²) in [5.41, 5.74) is 1.37. The van der Waals surface area contributed by atoms with Gasteiger partial charge in [0.05, 0.1) is 18.6 Å². The van der Waals surface area contributed by atoms with E-state index in [0.717, 1.165) is 16.9 Å². The van der Waals surface area contributed by atoms with Gasteiger partial charge in [-0.2, -0.15) is 0 Å². The highest BCUT2D eigenvalue weighted by molar-refractivity contribution is 7.10. The van der Waals surface area contributed by atoms with Crippen LogP contribution in [0.2, 0.25) is 0 Å². The molecule has 1 aliphatic rings. The van der Waals surface area contributed by atoms with Crippen molar-refractivity contribution in [3.05, 3.63) is 57.8 Å². The van der Waals surface area contributed by atoms with Crippen molar-refractivity contribution in [3.63, 3.8) is 0 Å². The quantitative estimate of drug-likeness (QED) is 0.604. The Morgan fingerprint density at radius 1 is 1.21 bits per heavy atom. The van der Waals surface area contributed by atoms with E-state index in [4.69, 9.17) is 9.47 Å². The van der Waals surface area contributed by atoms with E-state index in [1.54, 1.807) is 29.4 Å². The molecule has 156 valence electrons. The minimum absolute atomic E-state index is 0.0588. The first-order valence-electron chi connectivity index (χ1n) is 9.96. The molecule has 1 aliphatic heterocycles. The van der Waals surface area contributed by atoms with E-state index in [1.807, 2.05) is 42.6 Å². The molecule has 1 N–H and O–H groups in total. The zero-order valence-electron chi connectivity index (χ0n) is 16.9. The molecular formula is C22H28N2O4S. The maximum Gasteiger partial charge on any atom is 0.254 e. The molecule has 2 heterocycles. The number of amides is 2. The largest absolute Gasteiger partial charge is 0.383 e. The maximum atomic E-state index is 13.3. The van der Waals surface area contributed by atoms with Crippen LogP contribution in [-0.2, 0) is 14.3 Å². The van der Waals surface area contributed by atoms with Crippen molar-refractivity contribution in [3.8, 4) is 0 Å². The smallest absolute Gasteiger partial charge is 0.254 e. The molecule has 3 rings (SSSR count). The van der Waals surface area contributed by atoms with E-state index in [-0.39, 0.29) is 17.9 Å². The summed E-state index contributed by atoms with van der Waals surface area (Å²) in [4.78, 5) is 29.3. The van der Waals surface area contributed by atoms with Crippen molar-refractivity contribution >= 4 is 23.2 Å². The van der Waals surface area contributed by atoms with E-state index in [9.17, 15) is 9.59 Å². The Labute approximate surface area is 175 Å². The van der Waals surface area contributed by atoms with Crippen LogP contribution in [0.3, 0.4) is 0 Å². The van der Waals surface area contributed by atoms with Crippen molar-refractivity contribution in [2.75, 3.05) is 40.0 Å². The second kappa shape index (κ2) is 10.5. The van der Waals surface area contributed by atoms with Gasteiger partial charge in [0.15, 0.2) is 0 Å². The molecule has 2 amide bonds. The van der Waals surface area contributed by atoms with Gasteiger partial charge in [-0.3, -0.25) is 9.59 Å². The van der Waals surface area contributed by atoms with Gasteiger partial charge in [-0.05, 0) is 36.4 Å². The number of fused-ring (bicyclic) bond motifs is 1. The Balaban J connectivity index is 1.93. The topological polar surface area (TPSA) is 67.9 Å². The first-order valence-corrected chi connectivity index (χ1v) is 10.8. The number of carbonyl (C=O) groups is 2. The molecule has 0 bridgehead atoms. The summed E-state index contributed by atoms with van der Waals surface area (Å²) in [6, 6.07) is 11.0. The van der Waals surface area contributed by atoms with Crippen LogP contribution in [0.1, 0.15) is 46.1 Å². The molecule has 0 fully saturated rings. The van der Waals surface area contributed by atoms with Crippen molar-refractivity contribution < 1.29 is 19.1 Å². The number of thiophene rings is 1. The van der Waals surface area contributed by atoms with Crippen LogP contribution in [0, 0.1) is 0 Å². The van der Waals surface area contributed by atoms with E-state index < -0.39 is 5.92 Å². The number of rotatable bonds is 10. The lowest BCUT2D eigenvalue weighted by Crippen LogP contribution is -2.48. The minimum Gasteiger partial charge on any atom is -0.383 e. The molecular weight excluding hydrogens is 388 g/mol. The number of benzene rings is 1. The predicted octanol–water partition coefficient (Wildman–Crippen LogP) is 3.22. The molecule has 2 atom stereocenters. The fourth-order valence-electron chi connectivity index (χ4n) is 3.73. The zero-order valence-corrected chi connectivity index (χ0v) is 17.7. The van der Waals surface area contributed by atoms with Gasteiger partial charge in [-0.15, -0.1) is 11.3 Å². The summed E-state index contributed by atoms with van der Waals surface area (Å²) < 4.78 is 10.6. The lowest BCUT2D eigenvalue weighted by Gasteiger charge is -2.41. The van der Waals surface area contributed by atoms with Crippen molar-refractivity contribution in [1.29, 1.82) is 0 Å². The number of nitrogens with one attached hydrogen (secondary N) is 1. The fraction of sp³-hybridized carbons (Fsp3) is 0.455. The summed E-state index contributed by atoms with van der Waals surface area (Å²) in [5, 5.41) is 5.03. The normalized spacial score (nSPS) is 18.6. The molecule has 0 aliphatic carbocycles. The van der Waals surface area contributed by atoms with Gasteiger partial charge in [0.25, 0.3) is 5.91 Å². The van der Waals surface area contributed by atoms with E-state index in [0.29, 0.717) is 38.5 Å². The van der Waals surface area contributed by atoms with Gasteiger partial charge in [0.2, 0.25) is 5.91 Å². The second-order valence-electron chi connectivity index (χ2n) is 6.86. The van der Waals surface area contributed by atoms with Gasteiger partial charge in [-0.25, -0.2) is 0 Å². The lowest BCUT2D eigenvalue weighted by atomic mass is 9.81. The average Bonchev–Trinajstić information content (AvgIpc) is 3.27. The molecule has 0 saturated heterocycles. The molecule has 1 aromatic carbocycles. The van der Waals surface area contributed by atoms with Crippen LogP contribution in [0.4, 0.5) is 0 Å². The molecule has 29 heavy (non-hydrogen) atoms. The third kappa shape index (κ3) is 4.86. The molecule has 1 aromatic heterocycles. The first kappa shape index (κ1) is 21.5. The summed E-state index contributed by atoms with van der Waals surface area (Å²) in [7, 11) is 1.62. The SMILES string of the molecule is CCOCCCNC(=O)[C@@H]1c2ccccc2C(=O)N(CCOC)[C@@H]1c1cccs1. The van der Waals surface area contributed by atoms with Gasteiger partial charge >= 0.3 is 0 Å². The van der Waals surface area contributed by atoms with Crippen LogP contribution >= 0.6 is 11.3 Å². The van der Waals surface area contributed by atoms with Crippen molar-refractivity contribution in [2.45, 2.75) is 25.3 Å². The monoisotopic (exact) mass is 416 g/mol. The van der Waals surface area contributed by atoms with Gasteiger partial charge in [0.1, 0.15) is 0 Å². The van der Waals surface area contributed by atoms with E-state index >= 15 is 0 Å². The number of hydrogen-bond donors (Lipinski definition) is 1. The summed E-state index contributed by atoms with van der Waals surface area (Å²) >= 11 is 1.56. The highest BCUT2D eigenvalue weighted by atomic mass is 32.1. The lowest BCUT2D eigenvalue weighted by molar-refractivity contribution is -0.124. The van der Waals surface area contributed by atoms with Crippen LogP contribution in [-0.4, -0.2) is 56.7 Å². The number of ether oxygens (including phenoxy) is 2. The van der Waals surface area contributed by atoms with E-state index in [2.05, 4.69) is 5.32 Å². The van der Waals surface area contributed by atoms with Crippen LogP contribution in [0.5, 0.6) is 0 Å². The maximum absolute atomic E-state index is 13.3. The molecule has 7 heteroatoms. The third-order valence-corrected chi connectivity index (χ3v) is 6.00. The van der Waals surface area contributed by atoms with Crippen LogP contribution in [0.15, 0.2) is 41.8 Å². The zero-order chi connectivity index (χ0) is 20.6. The minimum atomic E-state index is -0.466. The van der Waals surface area contributed by atoms with Gasteiger partial charge < -0.3 is 19.7 Å². The summed E-state index contributed by atoms with van der Waals surface area (Å²) in [6.45, 7) is 4.63. The second-order valence-corrected chi connectivity index (χ2v) is 7.84. The standard InChI is InChI=1S/C22H28N2O4S/c1-3-28-13-7-11-23-21(25)19-16-8-4-5-9-17(16)22(26)24(12-14-27-2)20(19)18-10-6-15-29-18/h4-6,8-10,15,19-20H,3,7,11-14H2,1-2H3,(H,23,25)/t19-,20-/m1/s1. The Hall–Kier alpha value is -2.22. The molecule has 0 radical (unpaired) electrons. The van der Waals surface area contributed by atoms with Crippen molar-refractivity contribution in [2.24, 2.45) is 0 Å². The molecule has 0 saturated carbocycles. The van der Waals surface area contributed by atoms with Crippen LogP contribution < -0.4 is 5.32 Å². The highest BCUT2D eigenvalue weighted by Crippen LogP contribution is 2.44. The molecule has 2 aromatic rings. The molecule has 0 unspecified atom stereocenters. The fourth-order valence-corrected chi connectivity index (χ4v) is 4.60. The number of nitrogens with zero attached hydrogens (tertiary/aromatic N) is 1. The average molecular weight is 417 g/mol. The van der Waals surface area contributed by atoms with Crippen LogP contribution in [0.25, 0.3) is 0 Å². The molecule has 6 nitrogen and oxygen atoms in total. The van der Waals surface area contributed by atoms with Gasteiger partial charge in [-0.1, -0.05) is 24.3 Å². The number of carbonyl (C=O) groups excluding carboxylic acids is 2. The highest BCUT2D eigenvalue weighted by Gasteiger charge is 2.44. The summed E-state index contributed by atoms with van der Waals surface area (Å²) in [6.07, 6.45) is 0.754. The Morgan fingerprint density at radius 3 is 2.76 bits per heavy atom. The predicted molar refractivity (Wildman–Crippen MR) is 113 cm³/mol. The van der Waals surface area contributed by atoms with Crippen molar-refractivity contribution in [1.82, 2.24) is 10.2 Å². The Bertz CT molecular complexity index is 809. The Morgan fingerprint density at radius 2 is 2.03 bits per heavy atom. The third-order valence-electron chi connectivity index (χ3n) is 5.06. The number of hydrogen-bond acceptors (Lipinski definition) is 5. The molecule has 0 spiro atoms. The Kier molecular flexibility index (Phi) is 7.80.